The average Bonchev–Trinajstić information content (AvgIpc) is 2.69. The lowest BCUT2D eigenvalue weighted by atomic mass is 10.0. The summed E-state index contributed by atoms with van der Waals surface area (Å²) in [4.78, 5) is 14.6. The second kappa shape index (κ2) is 10.4. The largest absolute Gasteiger partial charge is 0.338 e. The molecule has 4 nitrogen and oxygen atoms in total. The zero-order chi connectivity index (χ0) is 19.8. The number of amides is 2. The topological polar surface area (TPSA) is 44.4 Å². The summed E-state index contributed by atoms with van der Waals surface area (Å²) in [5.41, 5.74) is 1.62. The molecule has 2 N–H and O–H groups in total. The lowest BCUT2D eigenvalue weighted by molar-refractivity contribution is 0.224. The summed E-state index contributed by atoms with van der Waals surface area (Å²) in [6.45, 7) is 4.16. The number of nitrogens with one attached hydrogen (secondary N) is 2. The van der Waals surface area contributed by atoms with Gasteiger partial charge in [0.05, 0.1) is 5.02 Å². The highest BCUT2D eigenvalue weighted by atomic mass is 35.5. The van der Waals surface area contributed by atoms with Crippen LogP contribution in [-0.2, 0) is 0 Å². The number of hydrogen-bond acceptors (Lipinski definition) is 2. The molecule has 1 fully saturated rings. The van der Waals surface area contributed by atoms with Crippen LogP contribution in [0.15, 0.2) is 42.5 Å². The van der Waals surface area contributed by atoms with Crippen molar-refractivity contribution in [2.45, 2.75) is 32.1 Å². The molecule has 0 saturated carbocycles. The number of carbonyl (C=O) groups is 1. The number of rotatable bonds is 7. The first-order chi connectivity index (χ1) is 13.6. The molecule has 1 aliphatic heterocycles. The van der Waals surface area contributed by atoms with Crippen LogP contribution in [0.25, 0.3) is 11.1 Å². The summed E-state index contributed by atoms with van der Waals surface area (Å²) in [7, 11) is 0. The third-order valence-corrected chi connectivity index (χ3v) is 5.34. The number of piperidine rings is 1. The molecule has 0 atom stereocenters. The van der Waals surface area contributed by atoms with Gasteiger partial charge >= 0.3 is 6.03 Å². The molecule has 3 rings (SSSR count). The fourth-order valence-electron chi connectivity index (χ4n) is 3.51. The van der Waals surface area contributed by atoms with E-state index in [2.05, 4.69) is 15.5 Å². The Hall–Kier alpha value is -2.11. The number of hydrogen-bond donors (Lipinski definition) is 2. The number of halogens is 2. The van der Waals surface area contributed by atoms with E-state index in [1.807, 2.05) is 0 Å². The van der Waals surface area contributed by atoms with Crippen molar-refractivity contribution in [3.63, 3.8) is 0 Å². The predicted molar refractivity (Wildman–Crippen MR) is 113 cm³/mol. The number of anilines is 1. The number of nitrogens with zero attached hydrogens (tertiary/aromatic N) is 1. The van der Waals surface area contributed by atoms with Gasteiger partial charge < -0.3 is 15.5 Å². The van der Waals surface area contributed by atoms with Crippen LogP contribution in [-0.4, -0.2) is 37.1 Å². The van der Waals surface area contributed by atoms with Crippen molar-refractivity contribution in [3.05, 3.63) is 53.3 Å². The standard InChI is InChI=1S/C22H27ClFN3O/c23-20-16-17(10-11-18(20)19-8-2-3-9-21(19)24)26-22(28)25-12-4-7-15-27-13-5-1-6-14-27/h2-3,8-11,16H,1,4-7,12-15H2,(H2,25,26,28). The summed E-state index contributed by atoms with van der Waals surface area (Å²) in [5.74, 6) is -0.326. The van der Waals surface area contributed by atoms with Crippen molar-refractivity contribution in [1.29, 1.82) is 0 Å². The van der Waals surface area contributed by atoms with Gasteiger partial charge in [-0.2, -0.15) is 0 Å². The highest BCUT2D eigenvalue weighted by molar-refractivity contribution is 6.33. The van der Waals surface area contributed by atoms with E-state index in [0.717, 1.165) is 19.4 Å². The zero-order valence-corrected chi connectivity index (χ0v) is 16.8. The third kappa shape index (κ3) is 5.94. The van der Waals surface area contributed by atoms with Crippen LogP contribution >= 0.6 is 11.6 Å². The molecule has 28 heavy (non-hydrogen) atoms. The van der Waals surface area contributed by atoms with Gasteiger partial charge in [0.15, 0.2) is 0 Å². The van der Waals surface area contributed by atoms with E-state index < -0.39 is 0 Å². The third-order valence-electron chi connectivity index (χ3n) is 5.03. The van der Waals surface area contributed by atoms with Gasteiger partial charge in [-0.3, -0.25) is 0 Å². The van der Waals surface area contributed by atoms with E-state index in [4.69, 9.17) is 11.6 Å². The maximum atomic E-state index is 13.9. The van der Waals surface area contributed by atoms with E-state index in [1.165, 1.54) is 38.4 Å². The Morgan fingerprint density at radius 2 is 1.82 bits per heavy atom. The Balaban J connectivity index is 1.43. The molecule has 1 aliphatic rings. The average molecular weight is 404 g/mol. The van der Waals surface area contributed by atoms with Crippen molar-refractivity contribution >= 4 is 23.3 Å². The minimum absolute atomic E-state index is 0.257. The molecule has 2 amide bonds. The Bertz CT molecular complexity index is 793. The quantitative estimate of drug-likeness (QED) is 0.596. The van der Waals surface area contributed by atoms with E-state index in [9.17, 15) is 9.18 Å². The van der Waals surface area contributed by atoms with Crippen molar-refractivity contribution in [3.8, 4) is 11.1 Å². The van der Waals surface area contributed by atoms with E-state index in [-0.39, 0.29) is 11.8 Å². The van der Waals surface area contributed by atoms with Crippen molar-refractivity contribution < 1.29 is 9.18 Å². The molecular weight excluding hydrogens is 377 g/mol. The molecule has 150 valence electrons. The number of carbonyl (C=O) groups excluding carboxylic acids is 1. The first-order valence-electron chi connectivity index (χ1n) is 9.95. The SMILES string of the molecule is O=C(NCCCCN1CCCCC1)Nc1ccc(-c2ccccc2F)c(Cl)c1. The minimum Gasteiger partial charge on any atom is -0.338 e. The Kier molecular flexibility index (Phi) is 7.69. The molecule has 1 saturated heterocycles. The highest BCUT2D eigenvalue weighted by Crippen LogP contribution is 2.31. The molecule has 0 aliphatic carbocycles. The van der Waals surface area contributed by atoms with Gasteiger partial charge in [0, 0.05) is 23.4 Å². The smallest absolute Gasteiger partial charge is 0.319 e. The fourth-order valence-corrected chi connectivity index (χ4v) is 3.79. The van der Waals surface area contributed by atoms with E-state index in [0.29, 0.717) is 28.4 Å². The van der Waals surface area contributed by atoms with Crippen molar-refractivity contribution in [2.24, 2.45) is 0 Å². The van der Waals surface area contributed by atoms with Gasteiger partial charge in [-0.05, 0) is 63.5 Å². The summed E-state index contributed by atoms with van der Waals surface area (Å²) in [6.07, 6.45) is 6.00. The molecule has 0 radical (unpaired) electrons. The first kappa shape index (κ1) is 20.6. The van der Waals surface area contributed by atoms with Crippen LogP contribution in [0.5, 0.6) is 0 Å². The first-order valence-corrected chi connectivity index (χ1v) is 10.3. The van der Waals surface area contributed by atoms with Gasteiger partial charge in [0.25, 0.3) is 0 Å². The van der Waals surface area contributed by atoms with Gasteiger partial charge in [0.2, 0.25) is 0 Å². The van der Waals surface area contributed by atoms with Crippen LogP contribution in [0.1, 0.15) is 32.1 Å². The Morgan fingerprint density at radius 1 is 1.04 bits per heavy atom. The molecule has 2 aromatic rings. The summed E-state index contributed by atoms with van der Waals surface area (Å²) < 4.78 is 13.9. The number of benzene rings is 2. The van der Waals surface area contributed by atoms with Crippen LogP contribution in [0.4, 0.5) is 14.9 Å². The molecule has 1 heterocycles. The molecule has 0 aromatic heterocycles. The zero-order valence-electron chi connectivity index (χ0n) is 16.0. The van der Waals surface area contributed by atoms with Gasteiger partial charge in [-0.15, -0.1) is 0 Å². The van der Waals surface area contributed by atoms with Crippen molar-refractivity contribution in [1.82, 2.24) is 10.2 Å². The van der Waals surface area contributed by atoms with E-state index >= 15 is 0 Å². The van der Waals surface area contributed by atoms with Crippen LogP contribution in [0, 0.1) is 5.82 Å². The predicted octanol–water partition coefficient (Wildman–Crippen LogP) is 5.53. The van der Waals surface area contributed by atoms with Crippen LogP contribution < -0.4 is 10.6 Å². The Labute approximate surface area is 171 Å². The number of urea groups is 1. The monoisotopic (exact) mass is 403 g/mol. The molecule has 0 spiro atoms. The van der Waals surface area contributed by atoms with E-state index in [1.54, 1.807) is 36.4 Å². The Morgan fingerprint density at radius 3 is 2.57 bits per heavy atom. The molecule has 0 unspecified atom stereocenters. The molecular formula is C22H27ClFN3O. The second-order valence-corrected chi connectivity index (χ2v) is 7.57. The normalized spacial score (nSPS) is 14.6. The molecule has 6 heteroatoms. The number of likely N-dealkylation sites (tertiary alicyclic amines) is 1. The lowest BCUT2D eigenvalue weighted by Crippen LogP contribution is -2.32. The van der Waals surface area contributed by atoms with Crippen LogP contribution in [0.2, 0.25) is 5.02 Å². The van der Waals surface area contributed by atoms with Gasteiger partial charge in [-0.25, -0.2) is 9.18 Å². The molecule has 2 aromatic carbocycles. The number of unbranched alkanes of at least 4 members (excludes halogenated alkanes) is 1. The maximum absolute atomic E-state index is 13.9. The van der Waals surface area contributed by atoms with Gasteiger partial charge in [-0.1, -0.05) is 42.3 Å². The lowest BCUT2D eigenvalue weighted by Gasteiger charge is -2.26. The summed E-state index contributed by atoms with van der Waals surface area (Å²) >= 11 is 6.30. The highest BCUT2D eigenvalue weighted by Gasteiger charge is 2.11. The fraction of sp³-hybridized carbons (Fsp3) is 0.409. The van der Waals surface area contributed by atoms with Gasteiger partial charge in [0.1, 0.15) is 5.82 Å². The minimum atomic E-state index is -0.326. The molecule has 0 bridgehead atoms. The van der Waals surface area contributed by atoms with Crippen LogP contribution in [0.3, 0.4) is 0 Å². The summed E-state index contributed by atoms with van der Waals surface area (Å²) in [5, 5.41) is 6.04. The van der Waals surface area contributed by atoms with Crippen molar-refractivity contribution in [2.75, 3.05) is 31.5 Å². The maximum Gasteiger partial charge on any atom is 0.319 e. The second-order valence-electron chi connectivity index (χ2n) is 7.16. The summed E-state index contributed by atoms with van der Waals surface area (Å²) in [6, 6.07) is 11.3.